The Morgan fingerprint density at radius 3 is 2.00 bits per heavy atom. The smallest absolute Gasteiger partial charge is 0.411 e. The van der Waals surface area contributed by atoms with Gasteiger partial charge in [0, 0.05) is 19.8 Å². The molecule has 0 bridgehead atoms. The van der Waals surface area contributed by atoms with Crippen molar-refractivity contribution in [3.05, 3.63) is 59.7 Å². The molecule has 2 rings (SSSR count). The van der Waals surface area contributed by atoms with Crippen LogP contribution in [0.3, 0.4) is 0 Å². The Kier molecular flexibility index (Phi) is 4.85. The van der Waals surface area contributed by atoms with E-state index < -0.39 is 12.2 Å². The summed E-state index contributed by atoms with van der Waals surface area (Å²) >= 11 is 0. The summed E-state index contributed by atoms with van der Waals surface area (Å²) in [4.78, 5) is 24.4. The predicted molar refractivity (Wildman–Crippen MR) is 88.5 cm³/mol. The first-order valence-corrected chi connectivity index (χ1v) is 7.00. The largest absolute Gasteiger partial charge is 0.465 e. The van der Waals surface area contributed by atoms with Crippen LogP contribution in [-0.2, 0) is 6.42 Å². The number of hydrogen-bond acceptors (Lipinski definition) is 2. The molecule has 0 aliphatic carbocycles. The summed E-state index contributed by atoms with van der Waals surface area (Å²) in [6, 6.07) is 14.4. The van der Waals surface area contributed by atoms with Gasteiger partial charge in [-0.05, 0) is 35.7 Å². The van der Waals surface area contributed by atoms with Gasteiger partial charge in [0.15, 0.2) is 0 Å². The standard InChI is InChI=1S/C17H18N2O4/c1-18(16(20)21)14-9-7-12(8-10-14)11-13-5-3-4-6-15(13)19(2)17(22)23/h3-10H,11H2,1-2H3,(H,20,21)(H,22,23). The quantitative estimate of drug-likeness (QED) is 0.905. The highest BCUT2D eigenvalue weighted by molar-refractivity contribution is 5.86. The molecule has 0 radical (unpaired) electrons. The summed E-state index contributed by atoms with van der Waals surface area (Å²) in [5.74, 6) is 0. The maximum absolute atomic E-state index is 11.2. The molecule has 0 aliphatic heterocycles. The summed E-state index contributed by atoms with van der Waals surface area (Å²) in [5, 5.41) is 18.1. The van der Waals surface area contributed by atoms with Crippen LogP contribution in [0.1, 0.15) is 11.1 Å². The first kappa shape index (κ1) is 16.4. The Balaban J connectivity index is 2.23. The van der Waals surface area contributed by atoms with Crippen LogP contribution < -0.4 is 9.80 Å². The fourth-order valence-corrected chi connectivity index (χ4v) is 2.26. The summed E-state index contributed by atoms with van der Waals surface area (Å²) in [6.07, 6.45) is -1.48. The van der Waals surface area contributed by atoms with E-state index >= 15 is 0 Å². The lowest BCUT2D eigenvalue weighted by Gasteiger charge is -2.18. The van der Waals surface area contributed by atoms with Gasteiger partial charge in [-0.2, -0.15) is 0 Å². The number of rotatable bonds is 4. The van der Waals surface area contributed by atoms with E-state index in [1.807, 2.05) is 24.3 Å². The molecule has 0 heterocycles. The number of amides is 2. The third-order valence-electron chi connectivity index (χ3n) is 3.65. The van der Waals surface area contributed by atoms with Crippen molar-refractivity contribution in [1.29, 1.82) is 0 Å². The molecule has 0 fully saturated rings. The van der Waals surface area contributed by atoms with E-state index in [0.29, 0.717) is 17.8 Å². The molecule has 0 aromatic heterocycles. The van der Waals surface area contributed by atoms with E-state index in [1.54, 1.807) is 24.3 Å². The van der Waals surface area contributed by atoms with E-state index in [4.69, 9.17) is 10.2 Å². The van der Waals surface area contributed by atoms with Crippen LogP contribution in [0.25, 0.3) is 0 Å². The molecule has 0 aliphatic rings. The zero-order chi connectivity index (χ0) is 17.0. The summed E-state index contributed by atoms with van der Waals surface area (Å²) < 4.78 is 0. The third kappa shape index (κ3) is 3.79. The second-order valence-electron chi connectivity index (χ2n) is 5.16. The SMILES string of the molecule is CN(C(=O)O)c1ccc(Cc2ccccc2N(C)C(=O)O)cc1. The summed E-state index contributed by atoms with van der Waals surface area (Å²) in [5.41, 5.74) is 3.07. The average molecular weight is 314 g/mol. The Morgan fingerprint density at radius 2 is 1.43 bits per heavy atom. The van der Waals surface area contributed by atoms with E-state index in [-0.39, 0.29) is 0 Å². The monoisotopic (exact) mass is 314 g/mol. The Bertz CT molecular complexity index is 713. The summed E-state index contributed by atoms with van der Waals surface area (Å²) in [6.45, 7) is 0. The molecule has 2 amide bonds. The first-order valence-electron chi connectivity index (χ1n) is 7.00. The van der Waals surface area contributed by atoms with Crippen molar-refractivity contribution >= 4 is 23.6 Å². The number of anilines is 2. The van der Waals surface area contributed by atoms with Crippen LogP contribution >= 0.6 is 0 Å². The van der Waals surface area contributed by atoms with Crippen molar-refractivity contribution in [3.8, 4) is 0 Å². The normalized spacial score (nSPS) is 10.2. The highest BCUT2D eigenvalue weighted by Crippen LogP contribution is 2.23. The van der Waals surface area contributed by atoms with Crippen LogP contribution in [-0.4, -0.2) is 36.5 Å². The lowest BCUT2D eigenvalue weighted by Crippen LogP contribution is -2.25. The molecule has 23 heavy (non-hydrogen) atoms. The summed E-state index contributed by atoms with van der Waals surface area (Å²) in [7, 11) is 2.99. The number of nitrogens with zero attached hydrogens (tertiary/aromatic N) is 2. The zero-order valence-electron chi connectivity index (χ0n) is 12.9. The average Bonchev–Trinajstić information content (AvgIpc) is 2.54. The van der Waals surface area contributed by atoms with Crippen molar-refractivity contribution in [2.24, 2.45) is 0 Å². The van der Waals surface area contributed by atoms with Crippen molar-refractivity contribution < 1.29 is 19.8 Å². The minimum Gasteiger partial charge on any atom is -0.465 e. The Labute approximate surface area is 134 Å². The van der Waals surface area contributed by atoms with Gasteiger partial charge in [0.1, 0.15) is 0 Å². The molecule has 0 saturated heterocycles. The van der Waals surface area contributed by atoms with Crippen molar-refractivity contribution in [3.63, 3.8) is 0 Å². The number of para-hydroxylation sites is 1. The van der Waals surface area contributed by atoms with Crippen LogP contribution in [0.2, 0.25) is 0 Å². The van der Waals surface area contributed by atoms with Gasteiger partial charge >= 0.3 is 12.2 Å². The molecule has 120 valence electrons. The second-order valence-corrected chi connectivity index (χ2v) is 5.16. The van der Waals surface area contributed by atoms with Gasteiger partial charge in [0.2, 0.25) is 0 Å². The van der Waals surface area contributed by atoms with E-state index in [9.17, 15) is 9.59 Å². The fourth-order valence-electron chi connectivity index (χ4n) is 2.26. The van der Waals surface area contributed by atoms with Crippen molar-refractivity contribution in [2.45, 2.75) is 6.42 Å². The highest BCUT2D eigenvalue weighted by atomic mass is 16.4. The van der Waals surface area contributed by atoms with Gasteiger partial charge in [0.05, 0.1) is 5.69 Å². The van der Waals surface area contributed by atoms with Crippen LogP contribution in [0.4, 0.5) is 21.0 Å². The minimum absolute atomic E-state index is 0.560. The van der Waals surface area contributed by atoms with E-state index in [0.717, 1.165) is 16.0 Å². The molecule has 0 unspecified atom stereocenters. The Hall–Kier alpha value is -3.02. The number of carboxylic acid groups (broad SMARTS) is 2. The Morgan fingerprint density at radius 1 is 0.870 bits per heavy atom. The van der Waals surface area contributed by atoms with Gasteiger partial charge in [-0.15, -0.1) is 0 Å². The molecule has 2 aromatic rings. The van der Waals surface area contributed by atoms with E-state index in [2.05, 4.69) is 0 Å². The molecular weight excluding hydrogens is 296 g/mol. The maximum atomic E-state index is 11.2. The fraction of sp³-hybridized carbons (Fsp3) is 0.176. The molecule has 2 aromatic carbocycles. The van der Waals surface area contributed by atoms with E-state index in [1.165, 1.54) is 19.0 Å². The lowest BCUT2D eigenvalue weighted by molar-refractivity contribution is 0.202. The van der Waals surface area contributed by atoms with Crippen LogP contribution in [0.15, 0.2) is 48.5 Å². The molecule has 0 saturated carbocycles. The van der Waals surface area contributed by atoms with Crippen LogP contribution in [0.5, 0.6) is 0 Å². The number of hydrogen-bond donors (Lipinski definition) is 2. The lowest BCUT2D eigenvalue weighted by atomic mass is 10.0. The molecule has 6 heteroatoms. The first-order chi connectivity index (χ1) is 10.9. The molecule has 6 nitrogen and oxygen atoms in total. The van der Waals surface area contributed by atoms with Crippen molar-refractivity contribution in [1.82, 2.24) is 0 Å². The van der Waals surface area contributed by atoms with Crippen molar-refractivity contribution in [2.75, 3.05) is 23.9 Å². The van der Waals surface area contributed by atoms with Crippen LogP contribution in [0, 0.1) is 0 Å². The molecule has 0 spiro atoms. The number of benzene rings is 2. The van der Waals surface area contributed by atoms with Gasteiger partial charge < -0.3 is 10.2 Å². The van der Waals surface area contributed by atoms with Gasteiger partial charge in [-0.1, -0.05) is 30.3 Å². The second kappa shape index (κ2) is 6.83. The predicted octanol–water partition coefficient (Wildman–Crippen LogP) is 3.51. The maximum Gasteiger partial charge on any atom is 0.411 e. The molecule has 2 N–H and O–H groups in total. The van der Waals surface area contributed by atoms with Gasteiger partial charge in [-0.25, -0.2) is 9.59 Å². The molecule has 0 atom stereocenters. The van der Waals surface area contributed by atoms with Gasteiger partial charge in [0.25, 0.3) is 0 Å². The van der Waals surface area contributed by atoms with Gasteiger partial charge in [-0.3, -0.25) is 9.80 Å². The number of carbonyl (C=O) groups is 2. The zero-order valence-corrected chi connectivity index (χ0v) is 12.9. The minimum atomic E-state index is -1.02. The molecular formula is C17H18N2O4. The highest BCUT2D eigenvalue weighted by Gasteiger charge is 2.13. The topological polar surface area (TPSA) is 81.1 Å². The third-order valence-corrected chi connectivity index (χ3v) is 3.65.